The molecule has 0 N–H and O–H groups in total. The number of nitrogens with zero attached hydrogens (tertiary/aromatic N) is 5. The van der Waals surface area contributed by atoms with Crippen molar-refractivity contribution in [1.29, 1.82) is 5.26 Å². The number of aromatic nitrogens is 2. The molecule has 6 nitrogen and oxygen atoms in total. The van der Waals surface area contributed by atoms with Gasteiger partial charge in [-0.1, -0.05) is 6.42 Å². The molecule has 2 aliphatic rings. The van der Waals surface area contributed by atoms with Gasteiger partial charge in [-0.15, -0.1) is 0 Å². The van der Waals surface area contributed by atoms with Crippen molar-refractivity contribution < 1.29 is 4.79 Å². The number of likely N-dealkylation sites (tertiary alicyclic amines) is 1. The van der Waals surface area contributed by atoms with Crippen LogP contribution >= 0.6 is 0 Å². The molecule has 4 rings (SSSR count). The lowest BCUT2D eigenvalue weighted by Gasteiger charge is -2.26. The number of rotatable bonds is 3. The number of hydrogen-bond acceptors (Lipinski definition) is 4. The molecule has 2 aliphatic heterocycles. The summed E-state index contributed by atoms with van der Waals surface area (Å²) >= 11 is 0. The van der Waals surface area contributed by atoms with E-state index in [1.165, 1.54) is 24.8 Å². The molecular formula is C20H23N5O. The Morgan fingerprint density at radius 2 is 1.88 bits per heavy atom. The van der Waals surface area contributed by atoms with Gasteiger partial charge in [-0.05, 0) is 50.2 Å². The normalized spacial score (nSPS) is 17.2. The van der Waals surface area contributed by atoms with Crippen LogP contribution in [-0.4, -0.2) is 38.6 Å². The Morgan fingerprint density at radius 3 is 2.58 bits per heavy atom. The monoisotopic (exact) mass is 349 g/mol. The molecule has 1 fully saturated rings. The third-order valence-electron chi connectivity index (χ3n) is 5.42. The van der Waals surface area contributed by atoms with Gasteiger partial charge in [0.15, 0.2) is 0 Å². The first-order valence-corrected chi connectivity index (χ1v) is 9.21. The van der Waals surface area contributed by atoms with Gasteiger partial charge in [0, 0.05) is 24.7 Å². The van der Waals surface area contributed by atoms with Crippen molar-refractivity contribution in [1.82, 2.24) is 19.6 Å². The van der Waals surface area contributed by atoms with Crippen LogP contribution in [0.3, 0.4) is 0 Å². The number of benzene rings is 1. The highest BCUT2D eigenvalue weighted by atomic mass is 16.2. The average molecular weight is 349 g/mol. The van der Waals surface area contributed by atoms with E-state index in [1.807, 2.05) is 16.6 Å². The molecule has 0 unspecified atom stereocenters. The molecule has 0 saturated carbocycles. The lowest BCUT2D eigenvalue weighted by Crippen LogP contribution is -2.30. The van der Waals surface area contributed by atoms with Crippen LogP contribution in [0, 0.1) is 11.3 Å². The van der Waals surface area contributed by atoms with Crippen molar-refractivity contribution in [2.24, 2.45) is 7.05 Å². The Balaban J connectivity index is 1.50. The van der Waals surface area contributed by atoms with Gasteiger partial charge in [0.25, 0.3) is 5.91 Å². The van der Waals surface area contributed by atoms with Crippen LogP contribution in [0.4, 0.5) is 0 Å². The Bertz CT molecular complexity index is 856. The van der Waals surface area contributed by atoms with E-state index < -0.39 is 0 Å². The minimum atomic E-state index is 0.00890. The summed E-state index contributed by atoms with van der Waals surface area (Å²) in [7, 11) is 1.97. The van der Waals surface area contributed by atoms with Crippen LogP contribution in [0.15, 0.2) is 24.3 Å². The summed E-state index contributed by atoms with van der Waals surface area (Å²) in [6.07, 6.45) is 3.85. The first-order chi connectivity index (χ1) is 12.7. The number of carbonyl (C=O) groups is 1. The summed E-state index contributed by atoms with van der Waals surface area (Å²) in [6.45, 7) is 4.36. The zero-order valence-electron chi connectivity index (χ0n) is 15.1. The molecule has 1 aromatic heterocycles. The highest BCUT2D eigenvalue weighted by Gasteiger charge is 2.30. The topological polar surface area (TPSA) is 65.2 Å². The predicted octanol–water partition coefficient (Wildman–Crippen LogP) is 2.43. The van der Waals surface area contributed by atoms with Crippen molar-refractivity contribution in [3.8, 4) is 6.07 Å². The van der Waals surface area contributed by atoms with Gasteiger partial charge in [-0.2, -0.15) is 10.4 Å². The quantitative estimate of drug-likeness (QED) is 0.854. The maximum Gasteiger partial charge on any atom is 0.254 e. The molecule has 0 bridgehead atoms. The third-order valence-corrected chi connectivity index (χ3v) is 5.42. The number of amides is 1. The minimum Gasteiger partial charge on any atom is -0.328 e. The number of hydrogen-bond donors (Lipinski definition) is 0. The van der Waals surface area contributed by atoms with E-state index in [1.54, 1.807) is 24.3 Å². The first-order valence-electron chi connectivity index (χ1n) is 9.21. The second kappa shape index (κ2) is 6.93. The molecular weight excluding hydrogens is 326 g/mol. The highest BCUT2D eigenvalue weighted by Crippen LogP contribution is 2.28. The molecule has 0 spiro atoms. The van der Waals surface area contributed by atoms with Crippen molar-refractivity contribution in [3.63, 3.8) is 0 Å². The Kier molecular flexibility index (Phi) is 4.48. The fraction of sp³-hybridized carbons (Fsp3) is 0.450. The Morgan fingerprint density at radius 1 is 1.15 bits per heavy atom. The van der Waals surface area contributed by atoms with E-state index in [-0.39, 0.29) is 5.91 Å². The summed E-state index contributed by atoms with van der Waals surface area (Å²) < 4.78 is 1.93. The van der Waals surface area contributed by atoms with Crippen LogP contribution in [0.25, 0.3) is 0 Å². The molecule has 26 heavy (non-hydrogen) atoms. The molecule has 0 atom stereocenters. The van der Waals surface area contributed by atoms with Crippen molar-refractivity contribution in [2.45, 2.75) is 38.9 Å². The number of piperidine rings is 1. The largest absolute Gasteiger partial charge is 0.328 e. The van der Waals surface area contributed by atoms with E-state index in [4.69, 9.17) is 10.4 Å². The number of fused-ring (bicyclic) bond motifs is 1. The average Bonchev–Trinajstić information content (AvgIpc) is 3.24. The van der Waals surface area contributed by atoms with Gasteiger partial charge in [0.05, 0.1) is 36.1 Å². The smallest absolute Gasteiger partial charge is 0.254 e. The Labute approximate surface area is 153 Å². The zero-order chi connectivity index (χ0) is 18.1. The number of aryl methyl sites for hydroxylation is 1. The lowest BCUT2D eigenvalue weighted by atomic mass is 10.1. The first kappa shape index (κ1) is 16.8. The summed E-state index contributed by atoms with van der Waals surface area (Å²) in [5.41, 5.74) is 4.65. The van der Waals surface area contributed by atoms with Crippen LogP contribution in [0.5, 0.6) is 0 Å². The molecule has 0 aliphatic carbocycles. The summed E-state index contributed by atoms with van der Waals surface area (Å²) in [5.74, 6) is 0.00890. The zero-order valence-corrected chi connectivity index (χ0v) is 15.1. The fourth-order valence-electron chi connectivity index (χ4n) is 3.94. The minimum absolute atomic E-state index is 0.00890. The van der Waals surface area contributed by atoms with Gasteiger partial charge < -0.3 is 4.90 Å². The van der Waals surface area contributed by atoms with E-state index in [0.29, 0.717) is 24.2 Å². The van der Waals surface area contributed by atoms with Gasteiger partial charge in [-0.3, -0.25) is 14.4 Å². The van der Waals surface area contributed by atoms with Gasteiger partial charge in [-0.25, -0.2) is 0 Å². The third kappa shape index (κ3) is 3.11. The van der Waals surface area contributed by atoms with Gasteiger partial charge in [0.2, 0.25) is 0 Å². The summed E-state index contributed by atoms with van der Waals surface area (Å²) in [6, 6.07) is 8.94. The number of nitriles is 1. The lowest BCUT2D eigenvalue weighted by molar-refractivity contribution is 0.0747. The van der Waals surface area contributed by atoms with E-state index in [0.717, 1.165) is 31.0 Å². The van der Waals surface area contributed by atoms with Crippen LogP contribution < -0.4 is 0 Å². The fourth-order valence-corrected chi connectivity index (χ4v) is 3.94. The molecule has 1 amide bonds. The maximum absolute atomic E-state index is 12.8. The van der Waals surface area contributed by atoms with E-state index >= 15 is 0 Å². The second-order valence-corrected chi connectivity index (χ2v) is 7.18. The summed E-state index contributed by atoms with van der Waals surface area (Å²) in [5, 5.41) is 13.6. The molecule has 2 aromatic rings. The Hall–Kier alpha value is -2.65. The van der Waals surface area contributed by atoms with E-state index in [9.17, 15) is 4.79 Å². The predicted molar refractivity (Wildman–Crippen MR) is 97.1 cm³/mol. The van der Waals surface area contributed by atoms with Crippen LogP contribution in [0.1, 0.15) is 52.1 Å². The van der Waals surface area contributed by atoms with Crippen LogP contribution in [-0.2, 0) is 26.7 Å². The standard InChI is InChI=1S/C20H23N5O/c1-23-19-14-25(20(26)16-7-5-15(11-21)6-8-16)12-17(19)18(22-23)13-24-9-3-2-4-10-24/h5-8H,2-4,9-10,12-14H2,1H3. The van der Waals surface area contributed by atoms with Crippen LogP contribution in [0.2, 0.25) is 0 Å². The maximum atomic E-state index is 12.8. The highest BCUT2D eigenvalue weighted by molar-refractivity contribution is 5.94. The molecule has 1 aromatic carbocycles. The van der Waals surface area contributed by atoms with Gasteiger partial charge >= 0.3 is 0 Å². The molecule has 6 heteroatoms. The number of carbonyl (C=O) groups excluding carboxylic acids is 1. The second-order valence-electron chi connectivity index (χ2n) is 7.18. The molecule has 134 valence electrons. The molecule has 1 saturated heterocycles. The SMILES string of the molecule is Cn1nc(CN2CCCCC2)c2c1CN(C(=O)c1ccc(C#N)cc1)C2. The molecule has 3 heterocycles. The summed E-state index contributed by atoms with van der Waals surface area (Å²) in [4.78, 5) is 17.2. The van der Waals surface area contributed by atoms with Gasteiger partial charge in [0.1, 0.15) is 0 Å². The van der Waals surface area contributed by atoms with E-state index in [2.05, 4.69) is 11.0 Å². The molecule has 0 radical (unpaired) electrons. The van der Waals surface area contributed by atoms with Crippen molar-refractivity contribution in [3.05, 3.63) is 52.3 Å². The van der Waals surface area contributed by atoms with Crippen molar-refractivity contribution in [2.75, 3.05) is 13.1 Å². The van der Waals surface area contributed by atoms with Crippen molar-refractivity contribution >= 4 is 5.91 Å².